The minimum absolute atomic E-state index is 0.0487. The maximum Gasteiger partial charge on any atom is 0.416 e. The summed E-state index contributed by atoms with van der Waals surface area (Å²) in [5, 5.41) is 9.73. The molecule has 0 unspecified atom stereocenters. The zero-order valence-electron chi connectivity index (χ0n) is 13.9. The molecule has 4 rings (SSSR count). The van der Waals surface area contributed by atoms with E-state index in [4.69, 9.17) is 0 Å². The average molecular weight is 385 g/mol. The molecule has 2 amide bonds. The van der Waals surface area contributed by atoms with Gasteiger partial charge in [-0.2, -0.15) is 13.2 Å². The van der Waals surface area contributed by atoms with E-state index in [1.165, 1.54) is 36.4 Å². The Bertz CT molecular complexity index is 1160. The molecule has 1 N–H and O–H groups in total. The van der Waals surface area contributed by atoms with Gasteiger partial charge in [0.15, 0.2) is 0 Å². The number of amides is 2. The fourth-order valence-corrected chi connectivity index (χ4v) is 3.34. The van der Waals surface area contributed by atoms with E-state index in [-0.39, 0.29) is 33.2 Å². The third-order valence-corrected chi connectivity index (χ3v) is 4.57. The van der Waals surface area contributed by atoms with Gasteiger partial charge in [0.25, 0.3) is 11.8 Å². The normalized spacial score (nSPS) is 13.9. The number of benzene rings is 3. The molecule has 0 saturated heterocycles. The first kappa shape index (κ1) is 17.7. The summed E-state index contributed by atoms with van der Waals surface area (Å²) < 4.78 is 39.1. The summed E-state index contributed by atoms with van der Waals surface area (Å²) in [7, 11) is 0. The van der Waals surface area contributed by atoms with Crippen molar-refractivity contribution in [2.45, 2.75) is 6.18 Å². The molecular formula is C20H10F3NO4. The predicted molar refractivity (Wildman–Crippen MR) is 93.5 cm³/mol. The molecule has 1 heterocycles. The van der Waals surface area contributed by atoms with Crippen molar-refractivity contribution in [1.82, 2.24) is 0 Å². The number of aromatic carboxylic acids is 1. The van der Waals surface area contributed by atoms with E-state index in [0.29, 0.717) is 4.90 Å². The molecule has 0 fully saturated rings. The number of carboxylic acid groups (broad SMARTS) is 1. The van der Waals surface area contributed by atoms with E-state index in [1.54, 1.807) is 0 Å². The molecule has 0 radical (unpaired) electrons. The van der Waals surface area contributed by atoms with E-state index in [1.807, 2.05) is 0 Å². The van der Waals surface area contributed by atoms with Crippen LogP contribution in [-0.2, 0) is 6.18 Å². The average Bonchev–Trinajstić information content (AvgIpc) is 2.65. The lowest BCUT2D eigenvalue weighted by atomic mass is 9.91. The number of nitrogens with zero attached hydrogens (tertiary/aromatic N) is 1. The highest BCUT2D eigenvalue weighted by atomic mass is 19.4. The minimum atomic E-state index is -4.63. The Labute approximate surface area is 155 Å². The van der Waals surface area contributed by atoms with Gasteiger partial charge in [0.2, 0.25) is 0 Å². The molecule has 3 aromatic carbocycles. The number of carbonyl (C=O) groups is 3. The Kier molecular flexibility index (Phi) is 3.74. The Hall–Kier alpha value is -3.68. The van der Waals surface area contributed by atoms with Crippen LogP contribution in [0, 0.1) is 0 Å². The minimum Gasteiger partial charge on any atom is -0.478 e. The molecule has 0 spiro atoms. The van der Waals surface area contributed by atoms with Crippen LogP contribution >= 0.6 is 0 Å². The number of alkyl halides is 3. The van der Waals surface area contributed by atoms with Gasteiger partial charge in [-0.3, -0.25) is 9.59 Å². The van der Waals surface area contributed by atoms with Crippen molar-refractivity contribution >= 4 is 34.2 Å². The number of halogens is 3. The molecule has 0 aromatic heterocycles. The zero-order valence-corrected chi connectivity index (χ0v) is 13.9. The van der Waals surface area contributed by atoms with E-state index >= 15 is 0 Å². The van der Waals surface area contributed by atoms with Crippen LogP contribution in [0.15, 0.2) is 54.6 Å². The van der Waals surface area contributed by atoms with Crippen molar-refractivity contribution in [3.05, 3.63) is 76.9 Å². The summed E-state index contributed by atoms with van der Waals surface area (Å²) in [4.78, 5) is 38.0. The highest BCUT2D eigenvalue weighted by molar-refractivity contribution is 6.36. The van der Waals surface area contributed by atoms with Crippen LogP contribution in [0.2, 0.25) is 0 Å². The standard InChI is InChI=1S/C20H10F3NO4/c21-20(22,23)10-3-1-4-11(9-10)24-17(25)14-6-2-5-12-13(19(27)28)7-8-15(16(12)14)18(24)26/h1-9H,(H,27,28). The van der Waals surface area contributed by atoms with Gasteiger partial charge in [-0.25, -0.2) is 9.69 Å². The summed E-state index contributed by atoms with van der Waals surface area (Å²) in [6.07, 6.45) is -4.63. The topological polar surface area (TPSA) is 74.7 Å². The lowest BCUT2D eigenvalue weighted by Gasteiger charge is -2.28. The molecule has 0 aliphatic carbocycles. The van der Waals surface area contributed by atoms with Crippen LogP contribution < -0.4 is 4.90 Å². The highest BCUT2D eigenvalue weighted by Gasteiger charge is 2.37. The van der Waals surface area contributed by atoms with E-state index in [2.05, 4.69) is 0 Å². The lowest BCUT2D eigenvalue weighted by molar-refractivity contribution is -0.137. The second-order valence-corrected chi connectivity index (χ2v) is 6.19. The molecule has 0 saturated carbocycles. The SMILES string of the molecule is O=C(O)c1ccc2c3c(cccc13)C(=O)N(c1cccc(C(F)(F)F)c1)C2=O. The van der Waals surface area contributed by atoms with Crippen molar-refractivity contribution in [3.63, 3.8) is 0 Å². The summed E-state index contributed by atoms with van der Waals surface area (Å²) in [5.41, 5.74) is -1.18. The number of rotatable bonds is 2. The van der Waals surface area contributed by atoms with Crippen LogP contribution in [0.1, 0.15) is 36.6 Å². The van der Waals surface area contributed by atoms with Gasteiger partial charge in [-0.05, 0) is 41.8 Å². The van der Waals surface area contributed by atoms with Crippen molar-refractivity contribution in [2.24, 2.45) is 0 Å². The van der Waals surface area contributed by atoms with Gasteiger partial charge < -0.3 is 5.11 Å². The highest BCUT2D eigenvalue weighted by Crippen LogP contribution is 2.36. The van der Waals surface area contributed by atoms with Crippen molar-refractivity contribution in [2.75, 3.05) is 4.90 Å². The maximum absolute atomic E-state index is 13.0. The summed E-state index contributed by atoms with van der Waals surface area (Å²) >= 11 is 0. The Balaban J connectivity index is 1.94. The first-order valence-corrected chi connectivity index (χ1v) is 8.05. The number of carboxylic acids is 1. The first-order chi connectivity index (χ1) is 13.2. The van der Waals surface area contributed by atoms with Crippen molar-refractivity contribution in [3.8, 4) is 0 Å². The van der Waals surface area contributed by atoms with Crippen molar-refractivity contribution < 1.29 is 32.7 Å². The molecule has 0 bridgehead atoms. The summed E-state index contributed by atoms with van der Waals surface area (Å²) in [6, 6.07) is 10.8. The molecule has 1 aliphatic heterocycles. The first-order valence-electron chi connectivity index (χ1n) is 8.05. The third kappa shape index (κ3) is 2.53. The summed E-state index contributed by atoms with van der Waals surface area (Å²) in [5.74, 6) is -2.85. The quantitative estimate of drug-likeness (QED) is 0.666. The maximum atomic E-state index is 13.0. The van der Waals surface area contributed by atoms with E-state index in [9.17, 15) is 32.7 Å². The molecule has 3 aromatic rings. The molecule has 8 heteroatoms. The van der Waals surface area contributed by atoms with Gasteiger partial charge in [0.1, 0.15) is 0 Å². The number of carbonyl (C=O) groups excluding carboxylic acids is 2. The Morgan fingerprint density at radius 2 is 1.54 bits per heavy atom. The van der Waals surface area contributed by atoms with E-state index < -0.39 is 29.5 Å². The number of anilines is 1. The van der Waals surface area contributed by atoms with Crippen LogP contribution in [0.25, 0.3) is 10.8 Å². The largest absolute Gasteiger partial charge is 0.478 e. The number of hydrogen-bond donors (Lipinski definition) is 1. The summed E-state index contributed by atoms with van der Waals surface area (Å²) in [6.45, 7) is 0. The second kappa shape index (κ2) is 5.91. The molecule has 0 atom stereocenters. The lowest BCUT2D eigenvalue weighted by Crippen LogP contribution is -2.40. The second-order valence-electron chi connectivity index (χ2n) is 6.19. The molecule has 1 aliphatic rings. The predicted octanol–water partition coefficient (Wildman–Crippen LogP) is 4.36. The van der Waals surface area contributed by atoms with Crippen LogP contribution in [0.4, 0.5) is 18.9 Å². The Morgan fingerprint density at radius 3 is 2.18 bits per heavy atom. The monoisotopic (exact) mass is 385 g/mol. The third-order valence-electron chi connectivity index (χ3n) is 4.57. The van der Waals surface area contributed by atoms with Gasteiger partial charge >= 0.3 is 12.1 Å². The Morgan fingerprint density at radius 1 is 0.893 bits per heavy atom. The number of hydrogen-bond acceptors (Lipinski definition) is 3. The molecular weight excluding hydrogens is 375 g/mol. The van der Waals surface area contributed by atoms with Gasteiger partial charge in [-0.1, -0.05) is 18.2 Å². The smallest absolute Gasteiger partial charge is 0.416 e. The molecule has 140 valence electrons. The zero-order chi connectivity index (χ0) is 20.2. The molecule has 28 heavy (non-hydrogen) atoms. The van der Waals surface area contributed by atoms with Gasteiger partial charge in [-0.15, -0.1) is 0 Å². The van der Waals surface area contributed by atoms with Crippen LogP contribution in [0.5, 0.6) is 0 Å². The van der Waals surface area contributed by atoms with Gasteiger partial charge in [0, 0.05) is 16.5 Å². The van der Waals surface area contributed by atoms with Crippen LogP contribution in [-0.4, -0.2) is 22.9 Å². The van der Waals surface area contributed by atoms with Crippen LogP contribution in [0.3, 0.4) is 0 Å². The van der Waals surface area contributed by atoms with Crippen molar-refractivity contribution in [1.29, 1.82) is 0 Å². The van der Waals surface area contributed by atoms with Gasteiger partial charge in [0.05, 0.1) is 16.8 Å². The fraction of sp³-hybridized carbons (Fsp3) is 0.0500. The molecule has 5 nitrogen and oxygen atoms in total. The van der Waals surface area contributed by atoms with E-state index in [0.717, 1.165) is 18.2 Å². The fourth-order valence-electron chi connectivity index (χ4n) is 3.34. The number of imide groups is 1.